The highest BCUT2D eigenvalue weighted by Crippen LogP contribution is 2.25. The number of hydrogen-bond acceptors (Lipinski definition) is 5. The Kier molecular flexibility index (Phi) is 5.25. The molecule has 0 aliphatic carbocycles. The van der Waals surface area contributed by atoms with Gasteiger partial charge in [-0.05, 0) is 19.1 Å². The maximum Gasteiger partial charge on any atom is 0.338 e. The number of rotatable bonds is 5. The van der Waals surface area contributed by atoms with Crippen molar-refractivity contribution in [2.45, 2.75) is 6.92 Å². The molecule has 102 valence electrons. The molecule has 0 aliphatic heterocycles. The molecule has 0 atom stereocenters. The number of carbonyl (C=O) groups excluding carboxylic acids is 2. The topological polar surface area (TPSA) is 98.5 Å². The van der Waals surface area contributed by atoms with E-state index in [1.54, 1.807) is 6.92 Å². The van der Waals surface area contributed by atoms with Crippen molar-refractivity contribution in [3.05, 3.63) is 38.9 Å². The average molecular weight is 287 g/mol. The van der Waals surface area contributed by atoms with Gasteiger partial charge in [-0.15, -0.1) is 0 Å². The summed E-state index contributed by atoms with van der Waals surface area (Å²) in [5.41, 5.74) is -0.436. The Labute approximate surface area is 113 Å². The van der Waals surface area contributed by atoms with Crippen LogP contribution in [-0.4, -0.2) is 30.0 Å². The number of hydrogen-bond donors (Lipinski definition) is 1. The van der Waals surface area contributed by atoms with Gasteiger partial charge in [-0.1, -0.05) is 11.6 Å². The Morgan fingerprint density at radius 2 is 2.16 bits per heavy atom. The van der Waals surface area contributed by atoms with Gasteiger partial charge in [0.15, 0.2) is 6.61 Å². The molecule has 0 aliphatic rings. The van der Waals surface area contributed by atoms with Crippen LogP contribution in [0.5, 0.6) is 0 Å². The van der Waals surface area contributed by atoms with Crippen molar-refractivity contribution in [3.63, 3.8) is 0 Å². The Balaban J connectivity index is 2.75. The summed E-state index contributed by atoms with van der Waals surface area (Å²) in [6.45, 7) is 1.70. The lowest BCUT2D eigenvalue weighted by molar-refractivity contribution is -0.384. The molecule has 1 rings (SSSR count). The number of carbonyl (C=O) groups is 2. The third-order valence-corrected chi connectivity index (χ3v) is 2.41. The molecule has 0 fully saturated rings. The predicted molar refractivity (Wildman–Crippen MR) is 67.1 cm³/mol. The number of benzene rings is 1. The van der Waals surface area contributed by atoms with Crippen molar-refractivity contribution in [1.82, 2.24) is 5.32 Å². The highest BCUT2D eigenvalue weighted by Gasteiger charge is 2.17. The first-order chi connectivity index (χ1) is 8.95. The lowest BCUT2D eigenvalue weighted by atomic mass is 10.2. The fourth-order valence-electron chi connectivity index (χ4n) is 1.24. The molecule has 0 aromatic heterocycles. The molecular formula is C11H11ClN2O5. The standard InChI is InChI=1S/C11H11ClN2O5/c1-2-13-10(15)6-19-11(16)7-3-4-8(12)9(5-7)14(17)18/h3-5H,2,6H2,1H3,(H,13,15). The third kappa shape index (κ3) is 4.22. The molecule has 0 unspecified atom stereocenters. The third-order valence-electron chi connectivity index (χ3n) is 2.09. The molecule has 8 heteroatoms. The van der Waals surface area contributed by atoms with Crippen LogP contribution >= 0.6 is 11.6 Å². The number of nitrogens with one attached hydrogen (secondary N) is 1. The van der Waals surface area contributed by atoms with Crippen molar-refractivity contribution >= 4 is 29.2 Å². The summed E-state index contributed by atoms with van der Waals surface area (Å²) in [6.07, 6.45) is 0. The maximum absolute atomic E-state index is 11.6. The smallest absolute Gasteiger partial charge is 0.338 e. The number of nitro groups is 1. The molecule has 7 nitrogen and oxygen atoms in total. The molecular weight excluding hydrogens is 276 g/mol. The van der Waals surface area contributed by atoms with Crippen LogP contribution in [0.4, 0.5) is 5.69 Å². The van der Waals surface area contributed by atoms with Crippen LogP contribution in [0.1, 0.15) is 17.3 Å². The lowest BCUT2D eigenvalue weighted by Crippen LogP contribution is -2.28. The molecule has 1 N–H and O–H groups in total. The molecule has 0 saturated heterocycles. The van der Waals surface area contributed by atoms with Crippen molar-refractivity contribution < 1.29 is 19.2 Å². The first-order valence-electron chi connectivity index (χ1n) is 5.33. The summed E-state index contributed by atoms with van der Waals surface area (Å²) < 4.78 is 4.70. The molecule has 0 radical (unpaired) electrons. The van der Waals surface area contributed by atoms with Gasteiger partial charge in [0.1, 0.15) is 5.02 Å². The number of halogens is 1. The molecule has 0 bridgehead atoms. The van der Waals surface area contributed by atoms with Crippen LogP contribution in [0.2, 0.25) is 5.02 Å². The van der Waals surface area contributed by atoms with Gasteiger partial charge in [-0.2, -0.15) is 0 Å². The summed E-state index contributed by atoms with van der Waals surface area (Å²) in [6, 6.07) is 3.51. The van der Waals surface area contributed by atoms with E-state index in [4.69, 9.17) is 16.3 Å². The number of nitro benzene ring substituents is 1. The average Bonchev–Trinajstić information content (AvgIpc) is 2.36. The molecule has 0 saturated carbocycles. The molecule has 19 heavy (non-hydrogen) atoms. The van der Waals surface area contributed by atoms with E-state index in [0.29, 0.717) is 6.54 Å². The zero-order chi connectivity index (χ0) is 14.4. The van der Waals surface area contributed by atoms with E-state index in [1.165, 1.54) is 12.1 Å². The van der Waals surface area contributed by atoms with Crippen LogP contribution < -0.4 is 5.32 Å². The SMILES string of the molecule is CCNC(=O)COC(=O)c1ccc(Cl)c([N+](=O)[O-])c1. The van der Waals surface area contributed by atoms with Gasteiger partial charge in [0.25, 0.3) is 11.6 Å². The molecule has 0 heterocycles. The Hall–Kier alpha value is -2.15. The Morgan fingerprint density at radius 3 is 2.74 bits per heavy atom. The number of nitrogens with zero attached hydrogens (tertiary/aromatic N) is 1. The normalized spacial score (nSPS) is 9.79. The minimum absolute atomic E-state index is 0.0413. The lowest BCUT2D eigenvalue weighted by Gasteiger charge is -2.05. The zero-order valence-electron chi connectivity index (χ0n) is 10.0. The van der Waals surface area contributed by atoms with E-state index in [-0.39, 0.29) is 10.6 Å². The summed E-state index contributed by atoms with van der Waals surface area (Å²) in [7, 11) is 0. The van der Waals surface area contributed by atoms with E-state index >= 15 is 0 Å². The second-order valence-corrected chi connectivity index (χ2v) is 3.86. The number of esters is 1. The van der Waals surface area contributed by atoms with Gasteiger partial charge in [-0.3, -0.25) is 14.9 Å². The quantitative estimate of drug-likeness (QED) is 0.503. The minimum Gasteiger partial charge on any atom is -0.452 e. The van der Waals surface area contributed by atoms with E-state index in [2.05, 4.69) is 5.32 Å². The van der Waals surface area contributed by atoms with Crippen molar-refractivity contribution in [2.24, 2.45) is 0 Å². The molecule has 1 aromatic carbocycles. The Bertz CT molecular complexity index is 518. The van der Waals surface area contributed by atoms with Crippen molar-refractivity contribution in [3.8, 4) is 0 Å². The number of likely N-dealkylation sites (N-methyl/N-ethyl adjacent to an activating group) is 1. The number of ether oxygens (including phenoxy) is 1. The maximum atomic E-state index is 11.6. The van der Waals surface area contributed by atoms with Gasteiger partial charge in [0.2, 0.25) is 0 Å². The zero-order valence-corrected chi connectivity index (χ0v) is 10.8. The predicted octanol–water partition coefficient (Wildman–Crippen LogP) is 1.54. The van der Waals surface area contributed by atoms with Crippen LogP contribution in [0.3, 0.4) is 0 Å². The highest BCUT2D eigenvalue weighted by molar-refractivity contribution is 6.32. The monoisotopic (exact) mass is 286 g/mol. The first-order valence-corrected chi connectivity index (χ1v) is 5.71. The minimum atomic E-state index is -0.828. The summed E-state index contributed by atoms with van der Waals surface area (Å²) >= 11 is 5.61. The first kappa shape index (κ1) is 14.9. The fourth-order valence-corrected chi connectivity index (χ4v) is 1.43. The summed E-state index contributed by atoms with van der Waals surface area (Å²) in [5.74, 6) is -1.27. The second kappa shape index (κ2) is 6.69. The molecule has 0 spiro atoms. The second-order valence-electron chi connectivity index (χ2n) is 3.45. The van der Waals surface area contributed by atoms with Crippen LogP contribution in [0.15, 0.2) is 18.2 Å². The summed E-state index contributed by atoms with van der Waals surface area (Å²) in [4.78, 5) is 32.6. The number of amides is 1. The Morgan fingerprint density at radius 1 is 1.47 bits per heavy atom. The van der Waals surface area contributed by atoms with Crippen LogP contribution in [0.25, 0.3) is 0 Å². The van der Waals surface area contributed by atoms with Crippen molar-refractivity contribution in [1.29, 1.82) is 0 Å². The largest absolute Gasteiger partial charge is 0.452 e. The van der Waals surface area contributed by atoms with Gasteiger partial charge in [0.05, 0.1) is 10.5 Å². The van der Waals surface area contributed by atoms with E-state index in [1.807, 2.05) is 0 Å². The molecule has 1 aromatic rings. The van der Waals surface area contributed by atoms with Crippen LogP contribution in [0, 0.1) is 10.1 Å². The van der Waals surface area contributed by atoms with E-state index < -0.39 is 29.1 Å². The van der Waals surface area contributed by atoms with Crippen LogP contribution in [-0.2, 0) is 9.53 Å². The fraction of sp³-hybridized carbons (Fsp3) is 0.273. The summed E-state index contributed by atoms with van der Waals surface area (Å²) in [5, 5.41) is 13.0. The molecule has 1 amide bonds. The van der Waals surface area contributed by atoms with Gasteiger partial charge < -0.3 is 10.1 Å². The highest BCUT2D eigenvalue weighted by atomic mass is 35.5. The van der Waals surface area contributed by atoms with Gasteiger partial charge >= 0.3 is 5.97 Å². The van der Waals surface area contributed by atoms with Gasteiger partial charge in [0, 0.05) is 12.6 Å². The van der Waals surface area contributed by atoms with E-state index in [0.717, 1.165) is 6.07 Å². The van der Waals surface area contributed by atoms with E-state index in [9.17, 15) is 19.7 Å². The van der Waals surface area contributed by atoms with Crippen molar-refractivity contribution in [2.75, 3.05) is 13.2 Å². The van der Waals surface area contributed by atoms with Gasteiger partial charge in [-0.25, -0.2) is 4.79 Å².